The Labute approximate surface area is 154 Å². The number of hydrogen-bond donors (Lipinski definition) is 1. The van der Waals surface area contributed by atoms with Crippen molar-refractivity contribution in [2.45, 2.75) is 25.9 Å². The van der Waals surface area contributed by atoms with Gasteiger partial charge in [0.1, 0.15) is 11.7 Å². The molecule has 0 aromatic carbocycles. The van der Waals surface area contributed by atoms with Gasteiger partial charge in [-0.3, -0.25) is 4.79 Å². The van der Waals surface area contributed by atoms with Crippen LogP contribution >= 0.6 is 0 Å². The second-order valence-electron chi connectivity index (χ2n) is 6.31. The lowest BCUT2D eigenvalue weighted by Gasteiger charge is -2.19. The normalized spacial score (nSPS) is 16.4. The number of urea groups is 1. The highest BCUT2D eigenvalue weighted by Crippen LogP contribution is 2.21. The minimum atomic E-state index is -0.173. The first-order valence-electron chi connectivity index (χ1n) is 8.96. The Balaban J connectivity index is 1.84. The quantitative estimate of drug-likeness (QED) is 0.705. The van der Waals surface area contributed by atoms with Crippen molar-refractivity contribution in [1.82, 2.24) is 20.1 Å². The lowest BCUT2D eigenvalue weighted by atomic mass is 10.2. The summed E-state index contributed by atoms with van der Waals surface area (Å²) < 4.78 is 11.2. The first-order chi connectivity index (χ1) is 12.5. The third-order valence-electron chi connectivity index (χ3n) is 4.06. The van der Waals surface area contributed by atoms with E-state index in [0.717, 1.165) is 6.42 Å². The number of hydrogen-bond acceptors (Lipinski definition) is 5. The highest BCUT2D eigenvalue weighted by Gasteiger charge is 2.29. The Morgan fingerprint density at radius 2 is 2.23 bits per heavy atom. The number of nitrogens with zero attached hydrogens (tertiary/aromatic N) is 3. The van der Waals surface area contributed by atoms with E-state index in [-0.39, 0.29) is 18.0 Å². The number of amides is 3. The van der Waals surface area contributed by atoms with Crippen LogP contribution in [0.25, 0.3) is 0 Å². The molecule has 1 atom stereocenters. The maximum Gasteiger partial charge on any atom is 0.317 e. The highest BCUT2D eigenvalue weighted by atomic mass is 16.5. The molecule has 1 aromatic heterocycles. The molecule has 2 rings (SSSR count). The van der Waals surface area contributed by atoms with Crippen LogP contribution in [0.1, 0.15) is 30.1 Å². The summed E-state index contributed by atoms with van der Waals surface area (Å²) in [4.78, 5) is 31.8. The van der Waals surface area contributed by atoms with Crippen LogP contribution in [0.5, 0.6) is 5.88 Å². The third kappa shape index (κ3) is 5.59. The fourth-order valence-electron chi connectivity index (χ4n) is 2.68. The minimum absolute atomic E-state index is 0.0989. The van der Waals surface area contributed by atoms with E-state index in [2.05, 4.69) is 10.3 Å². The Bertz CT molecular complexity index is 609. The van der Waals surface area contributed by atoms with Crippen LogP contribution < -0.4 is 10.1 Å². The zero-order valence-corrected chi connectivity index (χ0v) is 15.7. The summed E-state index contributed by atoms with van der Waals surface area (Å²) in [6, 6.07) is 3.31. The van der Waals surface area contributed by atoms with Crippen molar-refractivity contribution >= 4 is 11.9 Å². The van der Waals surface area contributed by atoms with Gasteiger partial charge in [0, 0.05) is 53.0 Å². The maximum atomic E-state index is 12.2. The van der Waals surface area contributed by atoms with Crippen LogP contribution in [0.2, 0.25) is 0 Å². The maximum absolute atomic E-state index is 12.2. The van der Waals surface area contributed by atoms with Gasteiger partial charge in [0.15, 0.2) is 0 Å². The lowest BCUT2D eigenvalue weighted by molar-refractivity contribution is 0.0818. The van der Waals surface area contributed by atoms with E-state index in [1.807, 2.05) is 6.92 Å². The molecule has 1 unspecified atom stereocenters. The summed E-state index contributed by atoms with van der Waals surface area (Å²) >= 11 is 0. The summed E-state index contributed by atoms with van der Waals surface area (Å²) in [5.74, 6) is 0.158. The Morgan fingerprint density at radius 1 is 1.42 bits per heavy atom. The van der Waals surface area contributed by atoms with Crippen LogP contribution in [0.4, 0.5) is 4.79 Å². The predicted octanol–water partition coefficient (Wildman–Crippen LogP) is 1.37. The van der Waals surface area contributed by atoms with Crippen molar-refractivity contribution in [2.24, 2.45) is 0 Å². The average Bonchev–Trinajstić information content (AvgIpc) is 3.10. The molecular formula is C18H28N4O4. The second-order valence-corrected chi connectivity index (χ2v) is 6.31. The third-order valence-corrected chi connectivity index (χ3v) is 4.06. The predicted molar refractivity (Wildman–Crippen MR) is 97.4 cm³/mol. The molecule has 0 radical (unpaired) electrons. The van der Waals surface area contributed by atoms with Crippen LogP contribution in [-0.2, 0) is 4.74 Å². The smallest absolute Gasteiger partial charge is 0.317 e. The number of nitrogens with one attached hydrogen (secondary N) is 1. The van der Waals surface area contributed by atoms with Gasteiger partial charge in [0.2, 0.25) is 5.88 Å². The van der Waals surface area contributed by atoms with Crippen molar-refractivity contribution in [3.8, 4) is 5.88 Å². The zero-order valence-electron chi connectivity index (χ0n) is 15.7. The summed E-state index contributed by atoms with van der Waals surface area (Å²) in [6.45, 7) is 4.95. The zero-order chi connectivity index (χ0) is 18.9. The van der Waals surface area contributed by atoms with Crippen molar-refractivity contribution in [3.05, 3.63) is 23.9 Å². The molecule has 1 aliphatic heterocycles. The average molecular weight is 364 g/mol. The molecule has 1 aromatic rings. The van der Waals surface area contributed by atoms with Gasteiger partial charge in [-0.15, -0.1) is 0 Å². The van der Waals surface area contributed by atoms with E-state index < -0.39 is 0 Å². The molecule has 1 aliphatic rings. The molecule has 1 fully saturated rings. The molecule has 1 N–H and O–H groups in total. The molecule has 26 heavy (non-hydrogen) atoms. The largest absolute Gasteiger partial charge is 0.472 e. The molecule has 0 bridgehead atoms. The van der Waals surface area contributed by atoms with Crippen molar-refractivity contribution < 1.29 is 19.1 Å². The fourth-order valence-corrected chi connectivity index (χ4v) is 2.68. The summed E-state index contributed by atoms with van der Waals surface area (Å²) in [6.07, 6.45) is 2.92. The van der Waals surface area contributed by atoms with Crippen LogP contribution in [0.3, 0.4) is 0 Å². The molecule has 1 saturated heterocycles. The van der Waals surface area contributed by atoms with Gasteiger partial charge < -0.3 is 24.6 Å². The first kappa shape index (κ1) is 20.0. The Hall–Kier alpha value is -2.35. The van der Waals surface area contributed by atoms with Crippen molar-refractivity contribution in [2.75, 3.05) is 46.9 Å². The van der Waals surface area contributed by atoms with Crippen LogP contribution in [0.15, 0.2) is 18.3 Å². The number of aromatic nitrogens is 1. The highest BCUT2D eigenvalue weighted by molar-refractivity contribution is 5.96. The Morgan fingerprint density at radius 3 is 2.96 bits per heavy atom. The lowest BCUT2D eigenvalue weighted by Crippen LogP contribution is -2.40. The number of carbonyl (C=O) groups excluding carboxylic acids is 2. The van der Waals surface area contributed by atoms with Crippen LogP contribution in [0, 0.1) is 0 Å². The first-order valence-corrected chi connectivity index (χ1v) is 8.96. The van der Waals surface area contributed by atoms with E-state index in [9.17, 15) is 9.59 Å². The van der Waals surface area contributed by atoms with Gasteiger partial charge in [0.05, 0.1) is 6.54 Å². The topological polar surface area (TPSA) is 84.0 Å². The molecule has 2 heterocycles. The monoisotopic (exact) mass is 364 g/mol. The van der Waals surface area contributed by atoms with Gasteiger partial charge >= 0.3 is 6.03 Å². The number of carbonyl (C=O) groups is 2. The summed E-state index contributed by atoms with van der Waals surface area (Å²) in [7, 11) is 3.37. The summed E-state index contributed by atoms with van der Waals surface area (Å²) in [5, 5.41) is 2.89. The number of pyridine rings is 1. The van der Waals surface area contributed by atoms with Crippen molar-refractivity contribution in [3.63, 3.8) is 0 Å². The SMILES string of the molecule is CCOCCCNC(=O)N1CCC(Oc2ncccc2C(=O)N(C)C)C1. The molecule has 8 nitrogen and oxygen atoms in total. The molecule has 3 amide bonds. The van der Waals surface area contributed by atoms with Crippen molar-refractivity contribution in [1.29, 1.82) is 0 Å². The Kier molecular flexibility index (Phi) is 7.65. The molecule has 0 saturated carbocycles. The van der Waals surface area contributed by atoms with Gasteiger partial charge in [-0.05, 0) is 25.5 Å². The molecule has 8 heteroatoms. The minimum Gasteiger partial charge on any atom is -0.472 e. The van der Waals surface area contributed by atoms with Gasteiger partial charge in [-0.2, -0.15) is 0 Å². The molecule has 0 spiro atoms. The second kappa shape index (κ2) is 9.96. The van der Waals surface area contributed by atoms with Gasteiger partial charge in [-0.1, -0.05) is 0 Å². The standard InChI is InChI=1S/C18H28N4O4/c1-4-25-12-6-10-20-18(24)22-11-8-14(13-22)26-16-15(7-5-9-19-16)17(23)21(2)3/h5,7,9,14H,4,6,8,10-13H2,1-3H3,(H,20,24). The van der Waals surface area contributed by atoms with E-state index in [0.29, 0.717) is 50.7 Å². The van der Waals surface area contributed by atoms with E-state index in [1.54, 1.807) is 37.3 Å². The molecular weight excluding hydrogens is 336 g/mol. The van der Waals surface area contributed by atoms with Gasteiger partial charge in [-0.25, -0.2) is 9.78 Å². The summed E-state index contributed by atoms with van der Waals surface area (Å²) in [5.41, 5.74) is 0.427. The van der Waals surface area contributed by atoms with E-state index in [1.165, 1.54) is 4.90 Å². The fraction of sp³-hybridized carbons (Fsp3) is 0.611. The number of likely N-dealkylation sites (tertiary alicyclic amines) is 1. The van der Waals surface area contributed by atoms with E-state index in [4.69, 9.17) is 9.47 Å². The van der Waals surface area contributed by atoms with Crippen LogP contribution in [-0.4, -0.2) is 79.8 Å². The molecule has 144 valence electrons. The van der Waals surface area contributed by atoms with Gasteiger partial charge in [0.25, 0.3) is 5.91 Å². The number of ether oxygens (including phenoxy) is 2. The number of rotatable bonds is 8. The molecule has 0 aliphatic carbocycles. The van der Waals surface area contributed by atoms with E-state index >= 15 is 0 Å².